The fourth-order valence-electron chi connectivity index (χ4n) is 3.00. The molecule has 0 spiro atoms. The van der Waals surface area contributed by atoms with Crippen LogP contribution in [0.3, 0.4) is 0 Å². The molecule has 0 atom stereocenters. The van der Waals surface area contributed by atoms with Gasteiger partial charge in [0.05, 0.1) is 0 Å². The molecule has 3 aromatic rings. The third-order valence-corrected chi connectivity index (χ3v) is 8.82. The van der Waals surface area contributed by atoms with E-state index in [4.69, 9.17) is 6.35 Å². The summed E-state index contributed by atoms with van der Waals surface area (Å²) >= 11 is -1.85. The Morgan fingerprint density at radius 2 is 1.60 bits per heavy atom. The quantitative estimate of drug-likeness (QED) is 0.491. The van der Waals surface area contributed by atoms with E-state index in [0.29, 0.717) is 0 Å². The predicted molar refractivity (Wildman–Crippen MR) is 112 cm³/mol. The van der Waals surface area contributed by atoms with Gasteiger partial charge in [-0.1, -0.05) is 0 Å². The number of pyridine rings is 1. The Morgan fingerprint density at radius 3 is 2.16 bits per heavy atom. The van der Waals surface area contributed by atoms with Crippen LogP contribution < -0.4 is 4.40 Å². The molecule has 2 heteroatoms. The summed E-state index contributed by atoms with van der Waals surface area (Å²) in [4.78, 5) is 4.74. The van der Waals surface area contributed by atoms with Crippen molar-refractivity contribution in [3.63, 3.8) is 0 Å². The zero-order valence-corrected chi connectivity index (χ0v) is 17.9. The average Bonchev–Trinajstić information content (AvgIpc) is 2.60. The molecule has 128 valence electrons. The summed E-state index contributed by atoms with van der Waals surface area (Å²) in [5.41, 5.74) is 5.39. The van der Waals surface area contributed by atoms with Gasteiger partial charge in [0.2, 0.25) is 0 Å². The molecular weight excluding hydrogens is 363 g/mol. The van der Waals surface area contributed by atoms with Crippen molar-refractivity contribution in [2.24, 2.45) is 0 Å². The summed E-state index contributed by atoms with van der Waals surface area (Å²) in [5.74, 6) is 6.50. The molecule has 0 saturated heterocycles. The molecule has 0 saturated carbocycles. The van der Waals surface area contributed by atoms with Gasteiger partial charge in [-0.2, -0.15) is 0 Å². The van der Waals surface area contributed by atoms with Gasteiger partial charge in [-0.15, -0.1) is 0 Å². The van der Waals surface area contributed by atoms with Crippen molar-refractivity contribution >= 4 is 17.7 Å². The van der Waals surface area contributed by atoms with E-state index in [1.54, 1.807) is 0 Å². The van der Waals surface area contributed by atoms with Gasteiger partial charge in [0.25, 0.3) is 0 Å². The second kappa shape index (κ2) is 7.17. The van der Waals surface area contributed by atoms with E-state index in [1.807, 2.05) is 32.0 Å². The molecule has 3 rings (SSSR count). The Kier molecular flexibility index (Phi) is 4.76. The van der Waals surface area contributed by atoms with Gasteiger partial charge in [-0.25, -0.2) is 0 Å². The maximum atomic E-state index is 8.53. The van der Waals surface area contributed by atoms with Crippen molar-refractivity contribution in [1.82, 2.24) is 4.98 Å². The molecule has 0 aliphatic carbocycles. The number of rotatable bonds is 4. The SMILES string of the molecule is [2H]C(C)(C)c1ccc(-c2cc[c]([Ge]([CH3])([CH3])[CH3])cn2)cc1-c1ccccc1. The summed E-state index contributed by atoms with van der Waals surface area (Å²) in [7, 11) is 0. The van der Waals surface area contributed by atoms with Gasteiger partial charge in [0.1, 0.15) is 0 Å². The van der Waals surface area contributed by atoms with Crippen molar-refractivity contribution in [1.29, 1.82) is 0 Å². The third kappa shape index (κ3) is 4.04. The maximum absolute atomic E-state index is 8.53. The van der Waals surface area contributed by atoms with Crippen molar-refractivity contribution in [2.45, 2.75) is 37.0 Å². The standard InChI is InChI=1S/C23H27GeN/c1-17(2)21-13-11-19(15-22(21)18-9-7-6-8-10-18)23-14-12-20(16-25-23)24(3,4)5/h6-17H,1-5H3/i17D. The molecule has 0 aliphatic rings. The molecule has 25 heavy (non-hydrogen) atoms. The summed E-state index contributed by atoms with van der Waals surface area (Å²) in [6.07, 6.45) is 2.06. The van der Waals surface area contributed by atoms with Crippen LogP contribution in [0.2, 0.25) is 17.3 Å². The molecule has 1 heterocycles. The minimum atomic E-state index is -1.85. The van der Waals surface area contributed by atoms with Crippen LogP contribution in [0, 0.1) is 0 Å². The summed E-state index contributed by atoms with van der Waals surface area (Å²) in [6.45, 7) is 3.88. The predicted octanol–water partition coefficient (Wildman–Crippen LogP) is 6.08. The molecule has 0 radical (unpaired) electrons. The van der Waals surface area contributed by atoms with E-state index < -0.39 is 19.2 Å². The van der Waals surface area contributed by atoms with Crippen LogP contribution in [-0.4, -0.2) is 18.3 Å². The van der Waals surface area contributed by atoms with E-state index in [1.165, 1.54) is 4.40 Å². The van der Waals surface area contributed by atoms with Gasteiger partial charge in [0.15, 0.2) is 0 Å². The first-order chi connectivity index (χ1) is 12.2. The number of hydrogen-bond acceptors (Lipinski definition) is 1. The topological polar surface area (TPSA) is 12.9 Å². The zero-order valence-electron chi connectivity index (χ0n) is 16.8. The fraction of sp³-hybridized carbons (Fsp3) is 0.261. The van der Waals surface area contributed by atoms with Crippen LogP contribution in [-0.2, 0) is 0 Å². The van der Waals surface area contributed by atoms with Crippen LogP contribution in [0.25, 0.3) is 22.4 Å². The first-order valence-corrected chi connectivity index (χ1v) is 16.2. The molecule has 1 nitrogen and oxygen atoms in total. The van der Waals surface area contributed by atoms with Crippen LogP contribution in [0.4, 0.5) is 0 Å². The van der Waals surface area contributed by atoms with Gasteiger partial charge in [0, 0.05) is 0 Å². The number of hydrogen-bond donors (Lipinski definition) is 0. The van der Waals surface area contributed by atoms with E-state index >= 15 is 0 Å². The Bertz CT molecular complexity index is 888. The van der Waals surface area contributed by atoms with E-state index in [0.717, 1.165) is 27.9 Å². The first-order valence-electron chi connectivity index (χ1n) is 9.33. The van der Waals surface area contributed by atoms with Crippen LogP contribution >= 0.6 is 0 Å². The molecule has 1 aromatic heterocycles. The number of nitrogens with zero attached hydrogens (tertiary/aromatic N) is 1. The Balaban J connectivity index is 2.10. The second-order valence-electron chi connectivity index (χ2n) is 7.81. The monoisotopic (exact) mass is 392 g/mol. The number of aromatic nitrogens is 1. The first kappa shape index (κ1) is 16.6. The minimum absolute atomic E-state index is 0.652. The van der Waals surface area contributed by atoms with Gasteiger partial charge >= 0.3 is 156 Å². The van der Waals surface area contributed by atoms with E-state index in [9.17, 15) is 0 Å². The fourth-order valence-corrected chi connectivity index (χ4v) is 5.18. The summed E-state index contributed by atoms with van der Waals surface area (Å²) in [6, 6.07) is 21.1. The van der Waals surface area contributed by atoms with Crippen LogP contribution in [0.15, 0.2) is 66.9 Å². The molecular formula is C23H27GeN. The van der Waals surface area contributed by atoms with Gasteiger partial charge in [-0.3, -0.25) is 0 Å². The molecule has 0 aliphatic heterocycles. The summed E-state index contributed by atoms with van der Waals surface area (Å²) in [5, 5.41) is 0. The molecule has 2 aromatic carbocycles. The zero-order chi connectivity index (χ0) is 18.9. The van der Waals surface area contributed by atoms with Crippen molar-refractivity contribution < 1.29 is 1.37 Å². The van der Waals surface area contributed by atoms with E-state index in [-0.39, 0.29) is 0 Å². The Labute approximate surface area is 155 Å². The van der Waals surface area contributed by atoms with E-state index in [2.05, 4.69) is 65.9 Å². The van der Waals surface area contributed by atoms with Gasteiger partial charge in [-0.05, 0) is 0 Å². The van der Waals surface area contributed by atoms with Crippen LogP contribution in [0.1, 0.15) is 26.7 Å². The van der Waals surface area contributed by atoms with Crippen molar-refractivity contribution in [2.75, 3.05) is 0 Å². The Hall–Kier alpha value is -1.87. The van der Waals surface area contributed by atoms with Crippen molar-refractivity contribution in [3.05, 3.63) is 72.4 Å². The normalized spacial score (nSPS) is 12.8. The average molecular weight is 391 g/mol. The molecule has 0 bridgehead atoms. The molecule has 0 amide bonds. The Morgan fingerprint density at radius 1 is 0.880 bits per heavy atom. The van der Waals surface area contributed by atoms with Crippen LogP contribution in [0.5, 0.6) is 0 Å². The summed E-state index contributed by atoms with van der Waals surface area (Å²) < 4.78 is 9.94. The second-order valence-corrected chi connectivity index (χ2v) is 18.5. The third-order valence-electron chi connectivity index (χ3n) is 4.57. The number of benzene rings is 2. The molecule has 0 unspecified atom stereocenters. The molecule has 0 fully saturated rings. The van der Waals surface area contributed by atoms with Crippen molar-refractivity contribution in [3.8, 4) is 22.4 Å². The molecule has 0 N–H and O–H groups in total. The van der Waals surface area contributed by atoms with Gasteiger partial charge < -0.3 is 0 Å².